The smallest absolute Gasteiger partial charge is 0.276 e. The number of hydrogen-bond donors (Lipinski definition) is 1. The van der Waals surface area contributed by atoms with Crippen molar-refractivity contribution in [1.82, 2.24) is 4.98 Å². The fraction of sp³-hybridized carbons (Fsp3) is 0. The van der Waals surface area contributed by atoms with Gasteiger partial charge in [0.05, 0.1) is 11.3 Å². The first-order chi connectivity index (χ1) is 8.39. The van der Waals surface area contributed by atoms with Crippen molar-refractivity contribution in [3.63, 3.8) is 0 Å². The number of rotatable bonds is 3. The first-order valence-corrected chi connectivity index (χ1v) is 7.13. The molecule has 0 unspecified atom stereocenters. The highest BCUT2D eigenvalue weighted by Gasteiger charge is 2.18. The minimum Gasteiger partial charge on any atom is -0.342 e. The summed E-state index contributed by atoms with van der Waals surface area (Å²) in [6, 6.07) is 7.82. The summed E-state index contributed by atoms with van der Waals surface area (Å²) in [5.74, 6) is -1.31. The molecule has 1 aromatic carbocycles. The zero-order chi connectivity index (χ0) is 13.3. The molecule has 0 bridgehead atoms. The van der Waals surface area contributed by atoms with Gasteiger partial charge in [-0.15, -0.1) is 0 Å². The number of benzene rings is 1. The SMILES string of the molecule is O=C(c1ccc(S(=O)(=O)Cl)[nH]1)c1ccccc1F. The van der Waals surface area contributed by atoms with E-state index in [0.29, 0.717) is 0 Å². The van der Waals surface area contributed by atoms with E-state index in [1.165, 1.54) is 24.3 Å². The predicted octanol–water partition coefficient (Wildman–Crippen LogP) is 2.31. The Morgan fingerprint density at radius 2 is 1.83 bits per heavy atom. The number of aromatic nitrogens is 1. The van der Waals surface area contributed by atoms with Crippen LogP contribution in [0.2, 0.25) is 0 Å². The molecule has 1 aromatic heterocycles. The molecule has 0 atom stereocenters. The maximum Gasteiger partial charge on any atom is 0.276 e. The van der Waals surface area contributed by atoms with Gasteiger partial charge in [-0.3, -0.25) is 4.79 Å². The van der Waals surface area contributed by atoms with Crippen LogP contribution in [0.3, 0.4) is 0 Å². The second-order valence-electron chi connectivity index (χ2n) is 3.48. The lowest BCUT2D eigenvalue weighted by atomic mass is 10.1. The highest BCUT2D eigenvalue weighted by Crippen LogP contribution is 2.17. The Morgan fingerprint density at radius 3 is 2.39 bits per heavy atom. The average Bonchev–Trinajstić information content (AvgIpc) is 2.77. The third kappa shape index (κ3) is 2.44. The molecule has 0 aliphatic heterocycles. The van der Waals surface area contributed by atoms with Gasteiger partial charge in [0.1, 0.15) is 10.8 Å². The van der Waals surface area contributed by atoms with Gasteiger partial charge in [0, 0.05) is 10.7 Å². The molecule has 0 saturated carbocycles. The van der Waals surface area contributed by atoms with Crippen molar-refractivity contribution in [1.29, 1.82) is 0 Å². The van der Waals surface area contributed by atoms with E-state index in [1.807, 2.05) is 0 Å². The van der Waals surface area contributed by atoms with Gasteiger partial charge in [0.25, 0.3) is 9.05 Å². The molecule has 18 heavy (non-hydrogen) atoms. The number of aromatic amines is 1. The van der Waals surface area contributed by atoms with Crippen molar-refractivity contribution in [2.45, 2.75) is 5.03 Å². The molecule has 94 valence electrons. The topological polar surface area (TPSA) is 67.0 Å². The lowest BCUT2D eigenvalue weighted by Gasteiger charge is -1.99. The van der Waals surface area contributed by atoms with Crippen molar-refractivity contribution in [2.24, 2.45) is 0 Å². The summed E-state index contributed by atoms with van der Waals surface area (Å²) in [6.45, 7) is 0. The van der Waals surface area contributed by atoms with Crippen LogP contribution >= 0.6 is 10.7 Å². The fourth-order valence-electron chi connectivity index (χ4n) is 1.44. The van der Waals surface area contributed by atoms with Gasteiger partial charge in [0.2, 0.25) is 5.78 Å². The van der Waals surface area contributed by atoms with Crippen LogP contribution in [-0.4, -0.2) is 19.2 Å². The minimum atomic E-state index is -3.94. The largest absolute Gasteiger partial charge is 0.342 e. The van der Waals surface area contributed by atoms with Crippen LogP contribution in [0.15, 0.2) is 41.4 Å². The van der Waals surface area contributed by atoms with Crippen LogP contribution in [0.4, 0.5) is 4.39 Å². The monoisotopic (exact) mass is 287 g/mol. The van der Waals surface area contributed by atoms with E-state index in [4.69, 9.17) is 10.7 Å². The molecule has 0 spiro atoms. The summed E-state index contributed by atoms with van der Waals surface area (Å²) in [5, 5.41) is -0.302. The van der Waals surface area contributed by atoms with E-state index in [9.17, 15) is 17.6 Å². The summed E-state index contributed by atoms with van der Waals surface area (Å²) >= 11 is 0. The molecule has 7 heteroatoms. The second kappa shape index (κ2) is 4.55. The highest BCUT2D eigenvalue weighted by molar-refractivity contribution is 8.13. The van der Waals surface area contributed by atoms with E-state index in [-0.39, 0.29) is 16.3 Å². The van der Waals surface area contributed by atoms with Crippen molar-refractivity contribution in [3.05, 3.63) is 53.5 Å². The Hall–Kier alpha value is -1.66. The van der Waals surface area contributed by atoms with Gasteiger partial charge in [-0.1, -0.05) is 12.1 Å². The Bertz CT molecular complexity index is 709. The maximum atomic E-state index is 13.4. The first kappa shape index (κ1) is 12.8. The number of nitrogens with one attached hydrogen (secondary N) is 1. The molecule has 1 N–H and O–H groups in total. The maximum absolute atomic E-state index is 13.4. The van der Waals surface area contributed by atoms with E-state index in [1.54, 1.807) is 0 Å². The van der Waals surface area contributed by atoms with Crippen LogP contribution in [-0.2, 0) is 9.05 Å². The molecule has 4 nitrogen and oxygen atoms in total. The molecule has 2 aromatic rings. The molecular formula is C11H7ClFNO3S. The molecule has 0 radical (unpaired) electrons. The number of carbonyl (C=O) groups excluding carboxylic acids is 1. The lowest BCUT2D eigenvalue weighted by Crippen LogP contribution is -2.05. The van der Waals surface area contributed by atoms with Crippen LogP contribution in [0.5, 0.6) is 0 Å². The Labute approximate surface area is 107 Å². The van der Waals surface area contributed by atoms with Gasteiger partial charge in [-0.2, -0.15) is 0 Å². The number of H-pyrrole nitrogens is 1. The van der Waals surface area contributed by atoms with Gasteiger partial charge in [-0.25, -0.2) is 12.8 Å². The van der Waals surface area contributed by atoms with Crippen molar-refractivity contribution >= 4 is 25.5 Å². The summed E-state index contributed by atoms with van der Waals surface area (Å²) < 4.78 is 35.4. The summed E-state index contributed by atoms with van der Waals surface area (Å²) in [6.07, 6.45) is 0. The molecule has 0 aliphatic rings. The summed E-state index contributed by atoms with van der Waals surface area (Å²) in [4.78, 5) is 14.2. The molecular weight excluding hydrogens is 281 g/mol. The lowest BCUT2D eigenvalue weighted by molar-refractivity contribution is 0.103. The molecule has 0 fully saturated rings. The molecule has 0 aliphatic carbocycles. The number of carbonyl (C=O) groups is 1. The van der Waals surface area contributed by atoms with Gasteiger partial charge < -0.3 is 4.98 Å². The standard InChI is InChI=1S/C11H7ClFNO3S/c12-18(16,17)10-6-5-9(14-10)11(15)7-3-1-2-4-8(7)13/h1-6,14H. The Kier molecular flexibility index (Phi) is 3.23. The van der Waals surface area contributed by atoms with Gasteiger partial charge in [-0.05, 0) is 24.3 Å². The van der Waals surface area contributed by atoms with Gasteiger partial charge in [0.15, 0.2) is 0 Å². The Morgan fingerprint density at radius 1 is 1.17 bits per heavy atom. The number of hydrogen-bond acceptors (Lipinski definition) is 3. The second-order valence-corrected chi connectivity index (χ2v) is 6.02. The highest BCUT2D eigenvalue weighted by atomic mass is 35.7. The van der Waals surface area contributed by atoms with Crippen LogP contribution in [0.1, 0.15) is 16.1 Å². The van der Waals surface area contributed by atoms with Crippen LogP contribution < -0.4 is 0 Å². The van der Waals surface area contributed by atoms with Crippen molar-refractivity contribution < 1.29 is 17.6 Å². The van der Waals surface area contributed by atoms with E-state index in [0.717, 1.165) is 12.1 Å². The predicted molar refractivity (Wildman–Crippen MR) is 63.7 cm³/mol. The van der Waals surface area contributed by atoms with Crippen LogP contribution in [0, 0.1) is 5.82 Å². The van der Waals surface area contributed by atoms with E-state index >= 15 is 0 Å². The molecule has 1 heterocycles. The molecule has 0 amide bonds. The normalized spacial score (nSPS) is 11.4. The zero-order valence-electron chi connectivity index (χ0n) is 8.85. The first-order valence-electron chi connectivity index (χ1n) is 4.82. The summed E-state index contributed by atoms with van der Waals surface area (Å²) in [7, 11) is 1.17. The molecule has 0 saturated heterocycles. The van der Waals surface area contributed by atoms with Crippen molar-refractivity contribution in [2.75, 3.05) is 0 Å². The average molecular weight is 288 g/mol. The quantitative estimate of drug-likeness (QED) is 0.696. The number of halogens is 2. The summed E-state index contributed by atoms with van der Waals surface area (Å²) in [5.41, 5.74) is -0.183. The molecule has 2 rings (SSSR count). The third-order valence-corrected chi connectivity index (χ3v) is 3.55. The minimum absolute atomic E-state index is 0.0423. The van der Waals surface area contributed by atoms with Crippen molar-refractivity contribution in [3.8, 4) is 0 Å². The third-order valence-electron chi connectivity index (χ3n) is 2.29. The Balaban J connectivity index is 2.42. The van der Waals surface area contributed by atoms with Gasteiger partial charge >= 0.3 is 0 Å². The van der Waals surface area contributed by atoms with Crippen LogP contribution in [0.25, 0.3) is 0 Å². The zero-order valence-corrected chi connectivity index (χ0v) is 10.4. The fourth-order valence-corrected chi connectivity index (χ4v) is 2.17. The van der Waals surface area contributed by atoms with E-state index < -0.39 is 20.7 Å². The van der Waals surface area contributed by atoms with E-state index in [2.05, 4.69) is 4.98 Å². The number of ketones is 1.